The summed E-state index contributed by atoms with van der Waals surface area (Å²) in [4.78, 5) is 12.5. The van der Waals surface area contributed by atoms with Gasteiger partial charge in [0.15, 0.2) is 0 Å². The van der Waals surface area contributed by atoms with E-state index >= 15 is 0 Å². The number of para-hydroxylation sites is 1. The number of halogens is 1. The zero-order valence-electron chi connectivity index (χ0n) is 14.8. The first-order chi connectivity index (χ1) is 13.6. The molecule has 1 N–H and O–H groups in total. The molecule has 0 radical (unpaired) electrons. The van der Waals surface area contributed by atoms with Gasteiger partial charge in [0.25, 0.3) is 0 Å². The lowest BCUT2D eigenvalue weighted by Crippen LogP contribution is -1.86. The molecule has 6 heteroatoms. The van der Waals surface area contributed by atoms with Gasteiger partial charge in [0.1, 0.15) is 11.1 Å². The molecule has 0 saturated carbocycles. The molecule has 0 unspecified atom stereocenters. The van der Waals surface area contributed by atoms with Gasteiger partial charge >= 0.3 is 0 Å². The normalized spacial score (nSPS) is 12.1. The van der Waals surface area contributed by atoms with Crippen molar-refractivity contribution in [1.29, 1.82) is 5.26 Å². The molecule has 3 heterocycles. The smallest absolute Gasteiger partial charge is 0.135 e. The third kappa shape index (κ3) is 2.66. The van der Waals surface area contributed by atoms with Crippen LogP contribution in [0.25, 0.3) is 43.7 Å². The highest BCUT2D eigenvalue weighted by molar-refractivity contribution is 7.19. The molecule has 28 heavy (non-hydrogen) atoms. The van der Waals surface area contributed by atoms with Crippen molar-refractivity contribution in [2.24, 2.45) is 0 Å². The van der Waals surface area contributed by atoms with Gasteiger partial charge in [-0.15, -0.1) is 11.3 Å². The Hall–Kier alpha value is -3.20. The number of pyridine rings is 1. The van der Waals surface area contributed by atoms with Gasteiger partial charge in [0, 0.05) is 33.7 Å². The van der Waals surface area contributed by atoms with E-state index in [1.165, 1.54) is 11.3 Å². The molecule has 0 amide bonds. The highest BCUT2D eigenvalue weighted by Gasteiger charge is 2.14. The number of nitrogens with zero attached hydrogens (tertiary/aromatic N) is 3. The molecular formula is C22H13ClN4S. The average molecular weight is 401 g/mol. The molecule has 2 aromatic carbocycles. The third-order valence-electron chi connectivity index (χ3n) is 4.67. The second-order valence-corrected chi connectivity index (χ2v) is 7.97. The Labute approximate surface area is 169 Å². The number of hydrogen-bond acceptors (Lipinski definition) is 4. The largest absolute Gasteiger partial charge is 0.361 e. The summed E-state index contributed by atoms with van der Waals surface area (Å²) in [7, 11) is 0. The molecule has 0 aliphatic rings. The van der Waals surface area contributed by atoms with Gasteiger partial charge in [-0.1, -0.05) is 23.7 Å². The summed E-state index contributed by atoms with van der Waals surface area (Å²) in [6, 6.07) is 16.0. The fourth-order valence-electron chi connectivity index (χ4n) is 3.45. The quantitative estimate of drug-likeness (QED) is 0.351. The molecule has 0 aliphatic heterocycles. The first-order valence-electron chi connectivity index (χ1n) is 8.69. The number of hydrogen-bond donors (Lipinski definition) is 1. The van der Waals surface area contributed by atoms with Crippen LogP contribution in [-0.2, 0) is 0 Å². The van der Waals surface area contributed by atoms with Crippen LogP contribution in [0.15, 0.2) is 48.7 Å². The SMILES string of the molecule is Cc1cc(Cl)c2c(ccc3[nH]cc(/C=C(/C#N)c4nc5ccccc5s4)c32)n1. The number of fused-ring (bicyclic) bond motifs is 4. The number of rotatable bonds is 2. The van der Waals surface area contributed by atoms with Crippen LogP contribution in [0.4, 0.5) is 0 Å². The summed E-state index contributed by atoms with van der Waals surface area (Å²) in [5.74, 6) is 0. The van der Waals surface area contributed by atoms with Crippen LogP contribution in [0.2, 0.25) is 5.02 Å². The number of thiazole rings is 1. The van der Waals surface area contributed by atoms with E-state index in [0.717, 1.165) is 43.3 Å². The van der Waals surface area contributed by atoms with Crippen LogP contribution >= 0.6 is 22.9 Å². The van der Waals surface area contributed by atoms with Crippen molar-refractivity contribution in [3.8, 4) is 6.07 Å². The lowest BCUT2D eigenvalue weighted by molar-refractivity contribution is 1.26. The highest BCUT2D eigenvalue weighted by atomic mass is 35.5. The minimum absolute atomic E-state index is 0.523. The van der Waals surface area contributed by atoms with Crippen LogP contribution in [0.1, 0.15) is 16.3 Å². The number of H-pyrrole nitrogens is 1. The minimum Gasteiger partial charge on any atom is -0.361 e. The maximum Gasteiger partial charge on any atom is 0.135 e. The van der Waals surface area contributed by atoms with Gasteiger partial charge in [0.2, 0.25) is 0 Å². The maximum atomic E-state index is 9.78. The minimum atomic E-state index is 0.523. The Kier molecular flexibility index (Phi) is 3.90. The molecule has 0 fully saturated rings. The number of nitriles is 1. The van der Waals surface area contributed by atoms with Crippen molar-refractivity contribution in [3.05, 3.63) is 69.9 Å². The topological polar surface area (TPSA) is 65.4 Å². The maximum absolute atomic E-state index is 9.78. The van der Waals surface area contributed by atoms with Gasteiger partial charge in [0.05, 0.1) is 26.3 Å². The number of aromatic nitrogens is 3. The lowest BCUT2D eigenvalue weighted by Gasteiger charge is -2.05. The van der Waals surface area contributed by atoms with Gasteiger partial charge in [-0.25, -0.2) is 4.98 Å². The van der Waals surface area contributed by atoms with E-state index in [9.17, 15) is 5.26 Å². The summed E-state index contributed by atoms with van der Waals surface area (Å²) in [6.45, 7) is 1.92. The number of benzene rings is 2. The van der Waals surface area contributed by atoms with E-state index in [-0.39, 0.29) is 0 Å². The third-order valence-corrected chi connectivity index (χ3v) is 6.04. The van der Waals surface area contributed by atoms with Crippen LogP contribution in [0.5, 0.6) is 0 Å². The Morgan fingerprint density at radius 2 is 2.00 bits per heavy atom. The predicted molar refractivity (Wildman–Crippen MR) is 116 cm³/mol. The van der Waals surface area contributed by atoms with E-state index < -0.39 is 0 Å². The van der Waals surface area contributed by atoms with Crippen molar-refractivity contribution in [2.75, 3.05) is 0 Å². The lowest BCUT2D eigenvalue weighted by atomic mass is 10.0. The van der Waals surface area contributed by atoms with Crippen LogP contribution in [0, 0.1) is 18.3 Å². The Balaban J connectivity index is 1.76. The molecule has 5 aromatic rings. The second kappa shape index (κ2) is 6.45. The fraction of sp³-hybridized carbons (Fsp3) is 0.0455. The van der Waals surface area contributed by atoms with Crippen molar-refractivity contribution >= 4 is 66.6 Å². The Morgan fingerprint density at radius 1 is 1.14 bits per heavy atom. The number of allylic oxidation sites excluding steroid dienone is 1. The summed E-state index contributed by atoms with van der Waals surface area (Å²) in [5.41, 5.74) is 4.98. The van der Waals surface area contributed by atoms with E-state index in [1.54, 1.807) is 0 Å². The number of nitrogens with one attached hydrogen (secondary N) is 1. The molecule has 134 valence electrons. The number of aromatic amines is 1. The number of aryl methyl sites for hydroxylation is 1. The predicted octanol–water partition coefficient (Wildman–Crippen LogP) is 6.35. The van der Waals surface area contributed by atoms with Crippen LogP contribution in [0.3, 0.4) is 0 Å². The van der Waals surface area contributed by atoms with Crippen LogP contribution in [-0.4, -0.2) is 15.0 Å². The van der Waals surface area contributed by atoms with Gasteiger partial charge in [-0.3, -0.25) is 4.98 Å². The van der Waals surface area contributed by atoms with Crippen molar-refractivity contribution in [2.45, 2.75) is 6.92 Å². The van der Waals surface area contributed by atoms with E-state index in [0.29, 0.717) is 15.6 Å². The molecule has 3 aromatic heterocycles. The van der Waals surface area contributed by atoms with Gasteiger partial charge in [-0.05, 0) is 43.3 Å². The molecule has 0 saturated heterocycles. The average Bonchev–Trinajstić information content (AvgIpc) is 3.29. The Bertz CT molecular complexity index is 1420. The molecule has 0 bridgehead atoms. The summed E-state index contributed by atoms with van der Waals surface area (Å²) in [6.07, 6.45) is 3.76. The Morgan fingerprint density at radius 3 is 2.82 bits per heavy atom. The first-order valence-corrected chi connectivity index (χ1v) is 9.88. The van der Waals surface area contributed by atoms with Crippen LogP contribution < -0.4 is 0 Å². The van der Waals surface area contributed by atoms with Crippen molar-refractivity contribution in [1.82, 2.24) is 15.0 Å². The van der Waals surface area contributed by atoms with E-state index in [4.69, 9.17) is 11.6 Å². The monoisotopic (exact) mass is 400 g/mol. The zero-order valence-corrected chi connectivity index (χ0v) is 16.4. The molecule has 0 spiro atoms. The van der Waals surface area contributed by atoms with E-state index in [1.807, 2.05) is 61.7 Å². The van der Waals surface area contributed by atoms with Gasteiger partial charge < -0.3 is 4.98 Å². The molecule has 0 atom stereocenters. The van der Waals surface area contributed by atoms with Gasteiger partial charge in [-0.2, -0.15) is 5.26 Å². The molecular weight excluding hydrogens is 388 g/mol. The molecule has 0 aliphatic carbocycles. The summed E-state index contributed by atoms with van der Waals surface area (Å²) < 4.78 is 1.06. The van der Waals surface area contributed by atoms with E-state index in [2.05, 4.69) is 21.0 Å². The summed E-state index contributed by atoms with van der Waals surface area (Å²) >= 11 is 8.08. The first kappa shape index (κ1) is 16.9. The zero-order chi connectivity index (χ0) is 19.3. The standard InChI is InChI=1S/C22H13ClN4S/c1-12-8-15(23)21-18(26-12)7-6-17-20(21)14(11-25-17)9-13(10-24)22-27-16-4-2-3-5-19(16)28-22/h2-9,11,25H,1H3/b13-9-. The molecule has 4 nitrogen and oxygen atoms in total. The highest BCUT2D eigenvalue weighted by Crippen LogP contribution is 2.35. The van der Waals surface area contributed by atoms with Crippen molar-refractivity contribution < 1.29 is 0 Å². The molecule has 5 rings (SSSR count). The summed E-state index contributed by atoms with van der Waals surface area (Å²) in [5, 5.41) is 13.0. The van der Waals surface area contributed by atoms with Crippen molar-refractivity contribution in [3.63, 3.8) is 0 Å². The fourth-order valence-corrected chi connectivity index (χ4v) is 4.73. The second-order valence-electron chi connectivity index (χ2n) is 6.53.